The smallest absolute Gasteiger partial charge is 0.257 e. The van der Waals surface area contributed by atoms with E-state index in [1.165, 1.54) is 21.7 Å². The highest BCUT2D eigenvalue weighted by molar-refractivity contribution is 7.89. The van der Waals surface area contributed by atoms with Crippen LogP contribution in [0.5, 0.6) is 0 Å². The number of pyridine rings is 1. The maximum atomic E-state index is 13.0. The molecule has 9 heteroatoms. The molecule has 3 aromatic rings. The summed E-state index contributed by atoms with van der Waals surface area (Å²) >= 11 is 1.30. The minimum atomic E-state index is -3.61. The minimum absolute atomic E-state index is 0.147. The molecule has 0 unspecified atom stereocenters. The summed E-state index contributed by atoms with van der Waals surface area (Å²) in [5.41, 5.74) is 2.42. The highest BCUT2D eigenvalue weighted by Gasteiger charge is 2.27. The molecule has 1 amide bonds. The molecule has 1 N–H and O–H groups in total. The summed E-state index contributed by atoms with van der Waals surface area (Å²) in [5.74, 6) is -0.384. The molecule has 0 aliphatic carbocycles. The Labute approximate surface area is 179 Å². The third-order valence-corrected chi connectivity index (χ3v) is 7.71. The van der Waals surface area contributed by atoms with Crippen molar-refractivity contribution in [3.63, 3.8) is 0 Å². The number of aromatic nitrogens is 2. The number of benzene rings is 1. The van der Waals surface area contributed by atoms with Gasteiger partial charge in [-0.25, -0.2) is 13.4 Å². The van der Waals surface area contributed by atoms with Crippen LogP contribution in [0.25, 0.3) is 11.4 Å². The number of sulfonamides is 1. The molecule has 0 spiro atoms. The van der Waals surface area contributed by atoms with E-state index < -0.39 is 10.0 Å². The van der Waals surface area contributed by atoms with Crippen molar-refractivity contribution in [2.45, 2.75) is 31.1 Å². The predicted molar refractivity (Wildman–Crippen MR) is 117 cm³/mol. The van der Waals surface area contributed by atoms with Crippen LogP contribution in [0.1, 0.15) is 35.2 Å². The van der Waals surface area contributed by atoms with Crippen molar-refractivity contribution in [2.75, 3.05) is 18.4 Å². The fraction of sp³-hybridized carbons (Fsp3) is 0.286. The second-order valence-electron chi connectivity index (χ2n) is 7.15. The third kappa shape index (κ3) is 4.28. The maximum absolute atomic E-state index is 13.0. The largest absolute Gasteiger partial charge is 0.298 e. The summed E-state index contributed by atoms with van der Waals surface area (Å²) in [4.78, 5) is 21.7. The molecule has 0 atom stereocenters. The standard InChI is InChI=1S/C21H22N4O3S2/c1-15-8-9-16(30(27,28)25-11-5-2-6-12-25)13-17(15)20(26)24-21-23-19(14-29-21)18-7-3-4-10-22-18/h3-4,7-10,13-14H,2,5-6,11-12H2,1H3,(H,23,24,26). The van der Waals surface area contributed by atoms with Crippen molar-refractivity contribution < 1.29 is 13.2 Å². The second kappa shape index (κ2) is 8.63. The molecule has 7 nitrogen and oxygen atoms in total. The summed E-state index contributed by atoms with van der Waals surface area (Å²) in [6.45, 7) is 2.83. The zero-order valence-electron chi connectivity index (χ0n) is 16.5. The highest BCUT2D eigenvalue weighted by Crippen LogP contribution is 2.26. The number of carbonyl (C=O) groups excluding carboxylic acids is 1. The summed E-state index contributed by atoms with van der Waals surface area (Å²) in [6.07, 6.45) is 4.45. The van der Waals surface area contributed by atoms with Crippen LogP contribution in [-0.2, 0) is 10.0 Å². The number of rotatable bonds is 5. The van der Waals surface area contributed by atoms with E-state index in [2.05, 4.69) is 15.3 Å². The number of piperidine rings is 1. The lowest BCUT2D eigenvalue weighted by atomic mass is 10.1. The minimum Gasteiger partial charge on any atom is -0.298 e. The highest BCUT2D eigenvalue weighted by atomic mass is 32.2. The Morgan fingerprint density at radius 3 is 2.63 bits per heavy atom. The van der Waals surface area contributed by atoms with Crippen LogP contribution in [0.4, 0.5) is 5.13 Å². The SMILES string of the molecule is Cc1ccc(S(=O)(=O)N2CCCCC2)cc1C(=O)Nc1nc(-c2ccccn2)cs1. The van der Waals surface area contributed by atoms with Gasteiger partial charge in [-0.05, 0) is 49.6 Å². The van der Waals surface area contributed by atoms with Crippen LogP contribution in [0.15, 0.2) is 52.9 Å². The summed E-state index contributed by atoms with van der Waals surface area (Å²) in [5, 5.41) is 5.04. The molecule has 3 heterocycles. The quantitative estimate of drug-likeness (QED) is 0.646. The van der Waals surface area contributed by atoms with Gasteiger partial charge in [0.2, 0.25) is 10.0 Å². The number of anilines is 1. The molecule has 0 bridgehead atoms. The Kier molecular flexibility index (Phi) is 5.94. The van der Waals surface area contributed by atoms with E-state index in [0.717, 1.165) is 25.0 Å². The second-order valence-corrected chi connectivity index (χ2v) is 9.94. The Hall–Kier alpha value is -2.62. The van der Waals surface area contributed by atoms with Crippen molar-refractivity contribution in [2.24, 2.45) is 0 Å². The van der Waals surface area contributed by atoms with E-state index in [1.807, 2.05) is 23.6 Å². The van der Waals surface area contributed by atoms with E-state index in [4.69, 9.17) is 0 Å². The molecular weight excluding hydrogens is 420 g/mol. The van der Waals surface area contributed by atoms with Crippen molar-refractivity contribution in [3.05, 3.63) is 59.1 Å². The molecule has 1 aliphatic heterocycles. The molecule has 1 saturated heterocycles. The van der Waals surface area contributed by atoms with Gasteiger partial charge in [0.15, 0.2) is 5.13 Å². The Morgan fingerprint density at radius 2 is 1.90 bits per heavy atom. The average Bonchev–Trinajstić information content (AvgIpc) is 3.23. The van der Waals surface area contributed by atoms with Crippen LogP contribution in [0.3, 0.4) is 0 Å². The number of thiazole rings is 1. The van der Waals surface area contributed by atoms with Gasteiger partial charge in [-0.15, -0.1) is 11.3 Å². The molecule has 0 saturated carbocycles. The fourth-order valence-electron chi connectivity index (χ4n) is 3.39. The average molecular weight is 443 g/mol. The third-order valence-electron chi connectivity index (χ3n) is 5.06. The monoisotopic (exact) mass is 442 g/mol. The van der Waals surface area contributed by atoms with Crippen LogP contribution in [0.2, 0.25) is 0 Å². The first-order valence-electron chi connectivity index (χ1n) is 9.74. The zero-order chi connectivity index (χ0) is 21.1. The summed E-state index contributed by atoms with van der Waals surface area (Å²) in [7, 11) is -3.61. The van der Waals surface area contributed by atoms with Gasteiger partial charge in [0.25, 0.3) is 5.91 Å². The number of carbonyl (C=O) groups is 1. The van der Waals surface area contributed by atoms with Crippen molar-refractivity contribution in [1.29, 1.82) is 0 Å². The molecule has 156 valence electrons. The summed E-state index contributed by atoms with van der Waals surface area (Å²) in [6, 6.07) is 10.2. The lowest BCUT2D eigenvalue weighted by Crippen LogP contribution is -2.35. The maximum Gasteiger partial charge on any atom is 0.257 e. The first-order chi connectivity index (χ1) is 14.4. The van der Waals surface area contributed by atoms with E-state index in [0.29, 0.717) is 35.0 Å². The van der Waals surface area contributed by atoms with E-state index in [-0.39, 0.29) is 10.8 Å². The van der Waals surface area contributed by atoms with Crippen molar-refractivity contribution in [1.82, 2.24) is 14.3 Å². The molecular formula is C21H22N4O3S2. The summed E-state index contributed by atoms with van der Waals surface area (Å²) < 4.78 is 27.4. The Balaban J connectivity index is 1.56. The van der Waals surface area contributed by atoms with Crippen LogP contribution in [-0.4, -0.2) is 41.7 Å². The molecule has 30 heavy (non-hydrogen) atoms. The Bertz CT molecular complexity index is 1150. The number of amides is 1. The number of hydrogen-bond donors (Lipinski definition) is 1. The van der Waals surface area contributed by atoms with E-state index in [1.54, 1.807) is 25.3 Å². The van der Waals surface area contributed by atoms with Gasteiger partial charge < -0.3 is 0 Å². The molecule has 1 aliphatic rings. The molecule has 2 aromatic heterocycles. The normalized spacial score (nSPS) is 15.1. The predicted octanol–water partition coefficient (Wildman–Crippen LogP) is 3.94. The van der Waals surface area contributed by atoms with Gasteiger partial charge in [0.05, 0.1) is 10.6 Å². The first-order valence-corrected chi connectivity index (χ1v) is 12.1. The Morgan fingerprint density at radius 1 is 1.10 bits per heavy atom. The van der Waals surface area contributed by atoms with Crippen LogP contribution >= 0.6 is 11.3 Å². The molecule has 1 fully saturated rings. The van der Waals surface area contributed by atoms with Gasteiger partial charge in [-0.3, -0.25) is 15.1 Å². The van der Waals surface area contributed by atoms with Gasteiger partial charge >= 0.3 is 0 Å². The van der Waals surface area contributed by atoms with E-state index in [9.17, 15) is 13.2 Å². The van der Waals surface area contributed by atoms with E-state index >= 15 is 0 Å². The number of hydrogen-bond acceptors (Lipinski definition) is 6. The lowest BCUT2D eigenvalue weighted by molar-refractivity contribution is 0.102. The van der Waals surface area contributed by atoms with Gasteiger partial charge in [0, 0.05) is 30.2 Å². The molecule has 1 aromatic carbocycles. The fourth-order valence-corrected chi connectivity index (χ4v) is 5.63. The zero-order valence-corrected chi connectivity index (χ0v) is 18.2. The molecule has 4 rings (SSSR count). The van der Waals surface area contributed by atoms with Gasteiger partial charge in [-0.2, -0.15) is 4.31 Å². The molecule has 0 radical (unpaired) electrons. The van der Waals surface area contributed by atoms with Crippen LogP contribution in [0, 0.1) is 6.92 Å². The van der Waals surface area contributed by atoms with Crippen molar-refractivity contribution in [3.8, 4) is 11.4 Å². The number of nitrogens with zero attached hydrogens (tertiary/aromatic N) is 3. The van der Waals surface area contributed by atoms with Crippen molar-refractivity contribution >= 4 is 32.4 Å². The first kappa shape index (κ1) is 20.6. The van der Waals surface area contributed by atoms with Crippen LogP contribution < -0.4 is 5.32 Å². The lowest BCUT2D eigenvalue weighted by Gasteiger charge is -2.26. The topological polar surface area (TPSA) is 92.3 Å². The number of nitrogens with one attached hydrogen (secondary N) is 1. The van der Waals surface area contributed by atoms with Gasteiger partial charge in [-0.1, -0.05) is 18.6 Å². The number of aryl methyl sites for hydroxylation is 1. The van der Waals surface area contributed by atoms with Gasteiger partial charge in [0.1, 0.15) is 5.69 Å².